The number of nitrogens with zero attached hydrogens (tertiary/aromatic N) is 4. The maximum Gasteiger partial charge on any atom is 0.231 e. The van der Waals surface area contributed by atoms with Gasteiger partial charge in [-0.15, -0.1) is 0 Å². The molecular weight excluding hydrogens is 340 g/mol. The Morgan fingerprint density at radius 2 is 1.81 bits per heavy atom. The minimum Gasteiger partial charge on any atom is -0.454 e. The second-order valence-corrected chi connectivity index (χ2v) is 7.33. The van der Waals surface area contributed by atoms with Gasteiger partial charge in [-0.1, -0.05) is 24.3 Å². The van der Waals surface area contributed by atoms with Crippen LogP contribution in [0.2, 0.25) is 0 Å². The van der Waals surface area contributed by atoms with Crippen LogP contribution in [0.25, 0.3) is 5.69 Å². The molecule has 1 aromatic heterocycles. The Labute approximate surface area is 158 Å². The number of fused-ring (bicyclic) bond motifs is 1. The van der Waals surface area contributed by atoms with E-state index in [1.165, 1.54) is 12.8 Å². The van der Waals surface area contributed by atoms with Gasteiger partial charge >= 0.3 is 0 Å². The molecule has 2 aromatic carbocycles. The highest BCUT2D eigenvalue weighted by Gasteiger charge is 2.32. The van der Waals surface area contributed by atoms with Gasteiger partial charge in [0.2, 0.25) is 6.79 Å². The third-order valence-electron chi connectivity index (χ3n) is 5.07. The molecule has 5 rings (SSSR count). The van der Waals surface area contributed by atoms with Gasteiger partial charge < -0.3 is 9.47 Å². The molecule has 27 heavy (non-hydrogen) atoms. The van der Waals surface area contributed by atoms with E-state index in [1.807, 2.05) is 35.0 Å². The summed E-state index contributed by atoms with van der Waals surface area (Å²) in [4.78, 5) is 7.14. The highest BCUT2D eigenvalue weighted by atomic mass is 16.7. The highest BCUT2D eigenvalue weighted by Crippen LogP contribution is 2.41. The largest absolute Gasteiger partial charge is 0.454 e. The molecular formula is C21H22N4O2. The topological polar surface area (TPSA) is 52.4 Å². The van der Waals surface area contributed by atoms with Crippen LogP contribution in [0.5, 0.6) is 11.5 Å². The predicted molar refractivity (Wildman–Crippen MR) is 101 cm³/mol. The van der Waals surface area contributed by atoms with E-state index in [2.05, 4.69) is 37.2 Å². The molecule has 0 bridgehead atoms. The molecule has 0 unspecified atom stereocenters. The van der Waals surface area contributed by atoms with Crippen LogP contribution < -0.4 is 9.47 Å². The van der Waals surface area contributed by atoms with E-state index in [4.69, 9.17) is 19.6 Å². The van der Waals surface area contributed by atoms with Crippen LogP contribution in [-0.2, 0) is 0 Å². The number of benzene rings is 2. The van der Waals surface area contributed by atoms with Crippen LogP contribution in [0.4, 0.5) is 0 Å². The van der Waals surface area contributed by atoms with Crippen LogP contribution in [0.3, 0.4) is 0 Å². The lowest BCUT2D eigenvalue weighted by Gasteiger charge is -2.24. The Hall–Kier alpha value is -2.86. The second-order valence-electron chi connectivity index (χ2n) is 7.33. The van der Waals surface area contributed by atoms with Gasteiger partial charge in [0, 0.05) is 5.92 Å². The van der Waals surface area contributed by atoms with Gasteiger partial charge in [0.15, 0.2) is 23.1 Å². The Kier molecular flexibility index (Phi) is 3.86. The molecule has 0 radical (unpaired) electrons. The zero-order valence-corrected chi connectivity index (χ0v) is 15.5. The van der Waals surface area contributed by atoms with Crippen molar-refractivity contribution in [3.8, 4) is 17.2 Å². The lowest BCUT2D eigenvalue weighted by atomic mass is 10.0. The summed E-state index contributed by atoms with van der Waals surface area (Å²) in [7, 11) is 4.13. The highest BCUT2D eigenvalue weighted by molar-refractivity contribution is 5.47. The Morgan fingerprint density at radius 3 is 2.56 bits per heavy atom. The smallest absolute Gasteiger partial charge is 0.231 e. The molecule has 1 saturated carbocycles. The first kappa shape index (κ1) is 16.3. The van der Waals surface area contributed by atoms with E-state index in [0.29, 0.717) is 5.92 Å². The van der Waals surface area contributed by atoms with Crippen LogP contribution in [-0.4, -0.2) is 40.6 Å². The zero-order chi connectivity index (χ0) is 18.4. The molecule has 1 fully saturated rings. The fraction of sp³-hybridized carbons (Fsp3) is 0.333. The monoisotopic (exact) mass is 362 g/mol. The summed E-state index contributed by atoms with van der Waals surface area (Å²) in [5.41, 5.74) is 2.13. The number of aromatic nitrogens is 3. The van der Waals surface area contributed by atoms with Crippen molar-refractivity contribution >= 4 is 0 Å². The molecule has 1 aliphatic carbocycles. The lowest BCUT2D eigenvalue weighted by molar-refractivity contribution is 0.174. The summed E-state index contributed by atoms with van der Waals surface area (Å²) in [6.07, 6.45) is 2.35. The summed E-state index contributed by atoms with van der Waals surface area (Å²) in [5.74, 6) is 3.94. The van der Waals surface area contributed by atoms with Crippen molar-refractivity contribution in [2.75, 3.05) is 20.9 Å². The average Bonchev–Trinajstić information content (AvgIpc) is 3.27. The second kappa shape index (κ2) is 6.39. The molecule has 138 valence electrons. The van der Waals surface area contributed by atoms with Gasteiger partial charge in [0.25, 0.3) is 0 Å². The fourth-order valence-corrected chi connectivity index (χ4v) is 3.55. The SMILES string of the molecule is CN(C)[C@@H](c1ccc2c(c1)OCO2)c1nc(C2CC2)nn1-c1ccccc1. The first-order valence-corrected chi connectivity index (χ1v) is 9.29. The van der Waals surface area contributed by atoms with E-state index in [-0.39, 0.29) is 12.8 Å². The van der Waals surface area contributed by atoms with Crippen molar-refractivity contribution in [2.45, 2.75) is 24.8 Å². The summed E-state index contributed by atoms with van der Waals surface area (Å²) in [6.45, 7) is 0.275. The summed E-state index contributed by atoms with van der Waals surface area (Å²) in [6, 6.07) is 16.3. The Bertz CT molecular complexity index is 964. The average molecular weight is 362 g/mol. The third kappa shape index (κ3) is 2.96. The van der Waals surface area contributed by atoms with Gasteiger partial charge in [-0.3, -0.25) is 4.90 Å². The van der Waals surface area contributed by atoms with E-state index in [1.54, 1.807) is 0 Å². The number of hydrogen-bond donors (Lipinski definition) is 0. The molecule has 1 atom stereocenters. The predicted octanol–water partition coefficient (Wildman–Crippen LogP) is 3.52. The summed E-state index contributed by atoms with van der Waals surface area (Å²) in [5, 5.41) is 4.87. The molecule has 6 nitrogen and oxygen atoms in total. The fourth-order valence-electron chi connectivity index (χ4n) is 3.55. The van der Waals surface area contributed by atoms with E-state index in [0.717, 1.165) is 34.4 Å². The van der Waals surface area contributed by atoms with Crippen molar-refractivity contribution in [3.05, 3.63) is 65.7 Å². The molecule has 0 saturated heterocycles. The zero-order valence-electron chi connectivity index (χ0n) is 15.5. The molecule has 0 amide bonds. The normalized spacial score (nSPS) is 16.7. The number of ether oxygens (including phenoxy) is 2. The van der Waals surface area contributed by atoms with Crippen LogP contribution in [0, 0.1) is 0 Å². The van der Waals surface area contributed by atoms with Gasteiger partial charge in [-0.25, -0.2) is 9.67 Å². The van der Waals surface area contributed by atoms with Gasteiger partial charge in [-0.05, 0) is 56.8 Å². The van der Waals surface area contributed by atoms with Gasteiger partial charge in [-0.2, -0.15) is 5.10 Å². The first-order valence-electron chi connectivity index (χ1n) is 9.29. The van der Waals surface area contributed by atoms with E-state index < -0.39 is 0 Å². The van der Waals surface area contributed by atoms with E-state index >= 15 is 0 Å². The summed E-state index contributed by atoms with van der Waals surface area (Å²) >= 11 is 0. The molecule has 3 aromatic rings. The molecule has 6 heteroatoms. The van der Waals surface area contributed by atoms with E-state index in [9.17, 15) is 0 Å². The third-order valence-corrected chi connectivity index (χ3v) is 5.07. The minimum atomic E-state index is -0.0419. The first-order chi connectivity index (χ1) is 13.2. The Balaban J connectivity index is 1.64. The lowest BCUT2D eigenvalue weighted by Crippen LogP contribution is -2.24. The van der Waals surface area contributed by atoms with Gasteiger partial charge in [0.05, 0.1) is 11.7 Å². The quantitative estimate of drug-likeness (QED) is 0.695. The molecule has 1 aliphatic heterocycles. The van der Waals surface area contributed by atoms with Crippen molar-refractivity contribution in [1.82, 2.24) is 19.7 Å². The Morgan fingerprint density at radius 1 is 1.04 bits per heavy atom. The van der Waals surface area contributed by atoms with Crippen LogP contribution in [0.1, 0.15) is 42.0 Å². The maximum atomic E-state index is 5.59. The van der Waals surface area contributed by atoms with Gasteiger partial charge in [0.1, 0.15) is 0 Å². The molecule has 2 aliphatic rings. The van der Waals surface area contributed by atoms with Crippen LogP contribution >= 0.6 is 0 Å². The van der Waals surface area contributed by atoms with Crippen LogP contribution in [0.15, 0.2) is 48.5 Å². The number of hydrogen-bond acceptors (Lipinski definition) is 5. The number of para-hydroxylation sites is 1. The molecule has 0 N–H and O–H groups in total. The molecule has 2 heterocycles. The standard InChI is InChI=1S/C21H22N4O2/c1-24(2)19(15-10-11-17-18(12-15)27-13-26-17)21-22-20(14-8-9-14)23-25(21)16-6-4-3-5-7-16/h3-7,10-12,14,19H,8-9,13H2,1-2H3/t19-/m0/s1. The summed E-state index contributed by atoms with van der Waals surface area (Å²) < 4.78 is 13.0. The minimum absolute atomic E-state index is 0.0419. The van der Waals surface area contributed by atoms with Crippen molar-refractivity contribution < 1.29 is 9.47 Å². The number of rotatable bonds is 5. The maximum absolute atomic E-state index is 5.59. The van der Waals surface area contributed by atoms with Crippen molar-refractivity contribution in [1.29, 1.82) is 0 Å². The molecule has 0 spiro atoms. The van der Waals surface area contributed by atoms with Crippen molar-refractivity contribution in [2.24, 2.45) is 0 Å². The van der Waals surface area contributed by atoms with Crippen molar-refractivity contribution in [3.63, 3.8) is 0 Å².